The van der Waals surface area contributed by atoms with Gasteiger partial charge in [0.25, 0.3) is 5.56 Å². The topological polar surface area (TPSA) is 64.0 Å². The quantitative estimate of drug-likeness (QED) is 0.263. The monoisotopic (exact) mass is 477 g/mol. The number of thioether (sulfide) groups is 1. The highest BCUT2D eigenvalue weighted by atomic mass is 32.2. The fourth-order valence-electron chi connectivity index (χ4n) is 4.34. The van der Waals surface area contributed by atoms with Crippen LogP contribution in [-0.4, -0.2) is 21.5 Å². The van der Waals surface area contributed by atoms with Crippen molar-refractivity contribution >= 4 is 28.6 Å². The molecule has 1 aromatic heterocycles. The molecule has 0 saturated heterocycles. The molecule has 2 aromatic carbocycles. The van der Waals surface area contributed by atoms with Gasteiger partial charge in [0.15, 0.2) is 5.16 Å². The van der Waals surface area contributed by atoms with Crippen molar-refractivity contribution in [2.45, 2.75) is 67.9 Å². The first-order valence-electron chi connectivity index (χ1n) is 12.0. The second-order valence-electron chi connectivity index (χ2n) is 9.06. The van der Waals surface area contributed by atoms with Gasteiger partial charge in [-0.1, -0.05) is 47.7 Å². The van der Waals surface area contributed by atoms with E-state index in [1.165, 1.54) is 42.3 Å². The first kappa shape index (κ1) is 22.8. The third-order valence-corrected chi connectivity index (χ3v) is 7.67. The minimum Gasteiger partial charge on any atom is -0.352 e. The van der Waals surface area contributed by atoms with E-state index in [4.69, 9.17) is 4.98 Å². The molecule has 34 heavy (non-hydrogen) atoms. The number of nitrogens with zero attached hydrogens (tertiary/aromatic N) is 2. The van der Waals surface area contributed by atoms with E-state index in [9.17, 15) is 14.0 Å². The number of amides is 1. The zero-order valence-corrected chi connectivity index (χ0v) is 19.8. The van der Waals surface area contributed by atoms with Gasteiger partial charge in [-0.2, -0.15) is 0 Å². The first-order chi connectivity index (χ1) is 16.6. The summed E-state index contributed by atoms with van der Waals surface area (Å²) < 4.78 is 15.3. The van der Waals surface area contributed by atoms with Crippen molar-refractivity contribution in [2.75, 3.05) is 0 Å². The third kappa shape index (κ3) is 5.25. The summed E-state index contributed by atoms with van der Waals surface area (Å²) in [6.07, 6.45) is 9.60. The number of nitrogens with one attached hydrogen (secondary N) is 1. The molecule has 1 N–H and O–H groups in total. The zero-order chi connectivity index (χ0) is 23.5. The molecule has 0 radical (unpaired) electrons. The largest absolute Gasteiger partial charge is 0.352 e. The van der Waals surface area contributed by atoms with E-state index in [1.54, 1.807) is 22.8 Å². The molecule has 0 spiro atoms. The Morgan fingerprint density at radius 3 is 2.68 bits per heavy atom. The van der Waals surface area contributed by atoms with Gasteiger partial charge >= 0.3 is 0 Å². The molecule has 2 aliphatic rings. The zero-order valence-electron chi connectivity index (χ0n) is 19.0. The number of para-hydroxylation sites is 1. The van der Waals surface area contributed by atoms with Gasteiger partial charge in [0.2, 0.25) is 5.91 Å². The molecular formula is C27H28FN3O2S. The van der Waals surface area contributed by atoms with E-state index in [2.05, 4.69) is 11.4 Å². The molecule has 5 rings (SSSR count). The van der Waals surface area contributed by atoms with Crippen molar-refractivity contribution in [3.63, 3.8) is 0 Å². The van der Waals surface area contributed by atoms with Gasteiger partial charge in [0.05, 0.1) is 10.9 Å². The molecule has 0 aliphatic heterocycles. The molecule has 3 aromatic rings. The average Bonchev–Trinajstić information content (AvgIpc) is 3.67. The number of rotatable bonds is 8. The number of carbonyl (C=O) groups is 1. The smallest absolute Gasteiger partial charge is 0.262 e. The lowest BCUT2D eigenvalue weighted by molar-refractivity contribution is -0.120. The molecule has 176 valence electrons. The van der Waals surface area contributed by atoms with E-state index in [0.717, 1.165) is 32.1 Å². The normalized spacial score (nSPS) is 16.8. The molecule has 2 aliphatic carbocycles. The molecule has 1 unspecified atom stereocenters. The van der Waals surface area contributed by atoms with Crippen LogP contribution in [-0.2, 0) is 11.3 Å². The molecule has 1 atom stereocenters. The Labute approximate surface area is 202 Å². The molecular weight excluding hydrogens is 449 g/mol. The maximum Gasteiger partial charge on any atom is 0.262 e. The van der Waals surface area contributed by atoms with Crippen molar-refractivity contribution in [1.82, 2.24) is 14.9 Å². The summed E-state index contributed by atoms with van der Waals surface area (Å²) in [7, 11) is 0. The molecule has 1 heterocycles. The van der Waals surface area contributed by atoms with Crippen LogP contribution in [0, 0.1) is 5.82 Å². The van der Waals surface area contributed by atoms with E-state index >= 15 is 0 Å². The Morgan fingerprint density at radius 1 is 1.15 bits per heavy atom. The number of aromatic nitrogens is 2. The highest BCUT2D eigenvalue weighted by Crippen LogP contribution is 2.36. The van der Waals surface area contributed by atoms with E-state index < -0.39 is 5.25 Å². The number of allylic oxidation sites excluding steroid dienone is 2. The molecule has 1 fully saturated rings. The van der Waals surface area contributed by atoms with Crippen LogP contribution in [0.3, 0.4) is 0 Å². The molecule has 7 heteroatoms. The Hall–Kier alpha value is -2.93. The van der Waals surface area contributed by atoms with E-state index in [1.807, 2.05) is 18.2 Å². The van der Waals surface area contributed by atoms with Crippen LogP contribution in [0.1, 0.15) is 55.8 Å². The van der Waals surface area contributed by atoms with Crippen LogP contribution < -0.4 is 10.9 Å². The lowest BCUT2D eigenvalue weighted by Crippen LogP contribution is -2.31. The van der Waals surface area contributed by atoms with E-state index in [-0.39, 0.29) is 23.3 Å². The third-order valence-electron chi connectivity index (χ3n) is 6.43. The number of hydrogen-bond donors (Lipinski definition) is 1. The van der Waals surface area contributed by atoms with E-state index in [0.29, 0.717) is 28.2 Å². The van der Waals surface area contributed by atoms with Gasteiger partial charge in [-0.3, -0.25) is 14.2 Å². The minimum atomic E-state index is -0.630. The van der Waals surface area contributed by atoms with Crippen molar-refractivity contribution < 1.29 is 9.18 Å². The van der Waals surface area contributed by atoms with Gasteiger partial charge < -0.3 is 5.32 Å². The molecule has 5 nitrogen and oxygen atoms in total. The number of hydrogen-bond acceptors (Lipinski definition) is 4. The SMILES string of the molecule is O=C(NC1CC1)C(Sc1nc2ccccc2c(=O)n1CCC1=CCCCC1)c1ccc(F)cc1. The second-order valence-corrected chi connectivity index (χ2v) is 10.1. The van der Waals surface area contributed by atoms with Crippen LogP contribution in [0.15, 0.2) is 70.1 Å². The lowest BCUT2D eigenvalue weighted by Gasteiger charge is -2.20. The fourth-order valence-corrected chi connectivity index (χ4v) is 5.47. The number of benzene rings is 2. The second kappa shape index (κ2) is 10.1. The average molecular weight is 478 g/mol. The maximum absolute atomic E-state index is 13.6. The predicted octanol–water partition coefficient (Wildman–Crippen LogP) is 5.54. The van der Waals surface area contributed by atoms with Gasteiger partial charge in [0, 0.05) is 12.6 Å². The summed E-state index contributed by atoms with van der Waals surface area (Å²) >= 11 is 1.27. The highest BCUT2D eigenvalue weighted by Gasteiger charge is 2.30. The van der Waals surface area contributed by atoms with Crippen LogP contribution in [0.5, 0.6) is 0 Å². The van der Waals surface area contributed by atoms with Gasteiger partial charge in [-0.15, -0.1) is 0 Å². The lowest BCUT2D eigenvalue weighted by atomic mass is 9.97. The summed E-state index contributed by atoms with van der Waals surface area (Å²) in [6.45, 7) is 0.519. The van der Waals surface area contributed by atoms with Crippen molar-refractivity contribution in [2.24, 2.45) is 0 Å². The Bertz CT molecular complexity index is 1280. The molecule has 0 bridgehead atoms. The van der Waals surface area contributed by atoms with Crippen LogP contribution in [0.2, 0.25) is 0 Å². The highest BCUT2D eigenvalue weighted by molar-refractivity contribution is 8.00. The Kier molecular flexibility index (Phi) is 6.81. The summed E-state index contributed by atoms with van der Waals surface area (Å²) in [5, 5.41) is 3.52. The van der Waals surface area contributed by atoms with Crippen LogP contribution in [0.4, 0.5) is 4.39 Å². The predicted molar refractivity (Wildman–Crippen MR) is 133 cm³/mol. The van der Waals surface area contributed by atoms with Gasteiger partial charge in [-0.25, -0.2) is 9.37 Å². The number of carbonyl (C=O) groups excluding carboxylic acids is 1. The summed E-state index contributed by atoms with van der Waals surface area (Å²) in [4.78, 5) is 31.5. The van der Waals surface area contributed by atoms with Crippen molar-refractivity contribution in [3.05, 3.63) is 81.9 Å². The minimum absolute atomic E-state index is 0.0926. The summed E-state index contributed by atoms with van der Waals surface area (Å²) in [5.74, 6) is -0.486. The van der Waals surface area contributed by atoms with Gasteiger partial charge in [0.1, 0.15) is 11.1 Å². The molecule has 1 saturated carbocycles. The van der Waals surface area contributed by atoms with Crippen LogP contribution >= 0.6 is 11.8 Å². The fraction of sp³-hybridized carbons (Fsp3) is 0.370. The number of halogens is 1. The first-order valence-corrected chi connectivity index (χ1v) is 12.9. The van der Waals surface area contributed by atoms with Crippen molar-refractivity contribution in [1.29, 1.82) is 0 Å². The Balaban J connectivity index is 1.52. The van der Waals surface area contributed by atoms with Gasteiger partial charge in [-0.05, 0) is 74.8 Å². The van der Waals surface area contributed by atoms with Crippen molar-refractivity contribution in [3.8, 4) is 0 Å². The summed E-state index contributed by atoms with van der Waals surface area (Å²) in [5.41, 5.74) is 2.59. The summed E-state index contributed by atoms with van der Waals surface area (Å²) in [6, 6.07) is 13.5. The standard InChI is InChI=1S/C27H28FN3O2S/c28-20-12-10-19(11-13-20)24(25(32)29-21-14-15-21)34-27-30-23-9-5-4-8-22(23)26(33)31(27)17-16-18-6-2-1-3-7-18/h4-6,8-13,21,24H,1-3,7,14-17H2,(H,29,32). The number of fused-ring (bicyclic) bond motifs is 1. The maximum atomic E-state index is 13.6. The van der Waals surface area contributed by atoms with Crippen LogP contribution in [0.25, 0.3) is 10.9 Å². The molecule has 1 amide bonds. The Morgan fingerprint density at radius 2 is 1.94 bits per heavy atom.